The standard InChI is InChI=1S/C10H16N2OS/c1-7(11)10-12-9(6-14-10)8-3-2-4-13-5-8/h6-8H,2-5,11H2,1H3. The molecular formula is C10H16N2OS. The molecule has 1 saturated heterocycles. The third kappa shape index (κ3) is 2.13. The lowest BCUT2D eigenvalue weighted by atomic mass is 10.00. The van der Waals surface area contributed by atoms with Crippen LogP contribution in [0.25, 0.3) is 0 Å². The van der Waals surface area contributed by atoms with E-state index >= 15 is 0 Å². The normalized spacial score (nSPS) is 24.9. The van der Waals surface area contributed by atoms with Crippen molar-refractivity contribution >= 4 is 11.3 Å². The van der Waals surface area contributed by atoms with Gasteiger partial charge >= 0.3 is 0 Å². The van der Waals surface area contributed by atoms with Gasteiger partial charge in [0, 0.05) is 17.9 Å². The molecule has 2 atom stereocenters. The fraction of sp³-hybridized carbons (Fsp3) is 0.700. The molecule has 0 spiro atoms. The summed E-state index contributed by atoms with van der Waals surface area (Å²) in [5.41, 5.74) is 6.94. The van der Waals surface area contributed by atoms with E-state index in [-0.39, 0.29) is 6.04 Å². The summed E-state index contributed by atoms with van der Waals surface area (Å²) >= 11 is 1.66. The van der Waals surface area contributed by atoms with Crippen LogP contribution in [0.15, 0.2) is 5.38 Å². The van der Waals surface area contributed by atoms with Gasteiger partial charge in [-0.2, -0.15) is 0 Å². The smallest absolute Gasteiger partial charge is 0.109 e. The fourth-order valence-electron chi connectivity index (χ4n) is 1.67. The van der Waals surface area contributed by atoms with Crippen LogP contribution in [-0.4, -0.2) is 18.2 Å². The summed E-state index contributed by atoms with van der Waals surface area (Å²) in [7, 11) is 0. The largest absolute Gasteiger partial charge is 0.381 e. The van der Waals surface area contributed by atoms with Crippen molar-refractivity contribution in [2.24, 2.45) is 5.73 Å². The van der Waals surface area contributed by atoms with Gasteiger partial charge in [0.2, 0.25) is 0 Å². The zero-order chi connectivity index (χ0) is 9.97. The Morgan fingerprint density at radius 3 is 3.14 bits per heavy atom. The van der Waals surface area contributed by atoms with Gasteiger partial charge in [0.05, 0.1) is 18.3 Å². The molecule has 4 heteroatoms. The van der Waals surface area contributed by atoms with Crippen molar-refractivity contribution in [2.45, 2.75) is 31.7 Å². The molecule has 1 aliphatic rings. The van der Waals surface area contributed by atoms with Crippen molar-refractivity contribution < 1.29 is 4.74 Å². The first-order valence-electron chi connectivity index (χ1n) is 5.06. The first kappa shape index (κ1) is 10.1. The predicted molar refractivity (Wildman–Crippen MR) is 57.5 cm³/mol. The average molecular weight is 212 g/mol. The number of hydrogen-bond donors (Lipinski definition) is 1. The zero-order valence-electron chi connectivity index (χ0n) is 8.40. The van der Waals surface area contributed by atoms with Crippen LogP contribution in [0.3, 0.4) is 0 Å². The molecule has 0 aromatic carbocycles. The first-order chi connectivity index (χ1) is 6.77. The van der Waals surface area contributed by atoms with E-state index in [4.69, 9.17) is 10.5 Å². The topological polar surface area (TPSA) is 48.1 Å². The summed E-state index contributed by atoms with van der Waals surface area (Å²) in [5.74, 6) is 0.493. The van der Waals surface area contributed by atoms with E-state index in [0.29, 0.717) is 5.92 Å². The van der Waals surface area contributed by atoms with Crippen LogP contribution in [0, 0.1) is 0 Å². The van der Waals surface area contributed by atoms with Gasteiger partial charge in [-0.3, -0.25) is 0 Å². The second-order valence-corrected chi connectivity index (χ2v) is 4.70. The maximum atomic E-state index is 5.77. The van der Waals surface area contributed by atoms with E-state index in [2.05, 4.69) is 10.4 Å². The molecule has 1 fully saturated rings. The number of ether oxygens (including phenoxy) is 1. The third-order valence-corrected chi connectivity index (χ3v) is 3.57. The van der Waals surface area contributed by atoms with E-state index in [0.717, 1.165) is 24.6 Å². The van der Waals surface area contributed by atoms with Crippen molar-refractivity contribution in [3.8, 4) is 0 Å². The monoisotopic (exact) mass is 212 g/mol. The van der Waals surface area contributed by atoms with Gasteiger partial charge in [-0.25, -0.2) is 4.98 Å². The summed E-state index contributed by atoms with van der Waals surface area (Å²) in [4.78, 5) is 4.55. The van der Waals surface area contributed by atoms with E-state index in [1.165, 1.54) is 12.1 Å². The molecule has 1 aromatic rings. The molecule has 1 aliphatic heterocycles. The third-order valence-electron chi connectivity index (χ3n) is 2.51. The molecule has 0 radical (unpaired) electrons. The number of hydrogen-bond acceptors (Lipinski definition) is 4. The van der Waals surface area contributed by atoms with Gasteiger partial charge in [0.1, 0.15) is 5.01 Å². The summed E-state index contributed by atoms with van der Waals surface area (Å²) in [5, 5.41) is 3.16. The number of nitrogens with two attached hydrogens (primary N) is 1. The number of thiazole rings is 1. The summed E-state index contributed by atoms with van der Waals surface area (Å²) in [6.45, 7) is 3.70. The van der Waals surface area contributed by atoms with Crippen LogP contribution < -0.4 is 5.73 Å². The molecule has 2 heterocycles. The van der Waals surface area contributed by atoms with Crippen LogP contribution in [-0.2, 0) is 4.74 Å². The summed E-state index contributed by atoms with van der Waals surface area (Å²) in [6, 6.07) is 0.0539. The number of aromatic nitrogens is 1. The molecule has 1 aromatic heterocycles. The lowest BCUT2D eigenvalue weighted by Gasteiger charge is -2.20. The first-order valence-corrected chi connectivity index (χ1v) is 5.94. The maximum Gasteiger partial charge on any atom is 0.109 e. The van der Waals surface area contributed by atoms with Crippen LogP contribution >= 0.6 is 11.3 Å². The molecule has 0 amide bonds. The van der Waals surface area contributed by atoms with Gasteiger partial charge < -0.3 is 10.5 Å². The van der Waals surface area contributed by atoms with Crippen molar-refractivity contribution in [3.05, 3.63) is 16.1 Å². The second kappa shape index (κ2) is 4.38. The van der Waals surface area contributed by atoms with Gasteiger partial charge in [0.15, 0.2) is 0 Å². The van der Waals surface area contributed by atoms with E-state index in [1.807, 2.05) is 6.92 Å². The van der Waals surface area contributed by atoms with Crippen LogP contribution in [0.2, 0.25) is 0 Å². The Labute approximate surface area is 88.3 Å². The highest BCUT2D eigenvalue weighted by Crippen LogP contribution is 2.27. The van der Waals surface area contributed by atoms with Gasteiger partial charge in [-0.15, -0.1) is 11.3 Å². The highest BCUT2D eigenvalue weighted by molar-refractivity contribution is 7.09. The molecule has 2 N–H and O–H groups in total. The molecule has 2 unspecified atom stereocenters. The highest BCUT2D eigenvalue weighted by atomic mass is 32.1. The van der Waals surface area contributed by atoms with Gasteiger partial charge in [-0.05, 0) is 19.8 Å². The average Bonchev–Trinajstić information content (AvgIpc) is 2.68. The zero-order valence-corrected chi connectivity index (χ0v) is 9.22. The Hall–Kier alpha value is -0.450. The maximum absolute atomic E-state index is 5.77. The van der Waals surface area contributed by atoms with E-state index < -0.39 is 0 Å². The molecule has 2 rings (SSSR count). The van der Waals surface area contributed by atoms with Crippen LogP contribution in [0.4, 0.5) is 0 Å². The van der Waals surface area contributed by atoms with Gasteiger partial charge in [-0.1, -0.05) is 0 Å². The van der Waals surface area contributed by atoms with Crippen LogP contribution in [0.1, 0.15) is 42.4 Å². The van der Waals surface area contributed by atoms with Crippen molar-refractivity contribution in [2.75, 3.05) is 13.2 Å². The lowest BCUT2D eigenvalue weighted by molar-refractivity contribution is 0.0794. The molecule has 0 bridgehead atoms. The fourth-order valence-corrected chi connectivity index (χ4v) is 2.53. The number of rotatable bonds is 2. The lowest BCUT2D eigenvalue weighted by Crippen LogP contribution is -2.16. The van der Waals surface area contributed by atoms with E-state index in [9.17, 15) is 0 Å². The Morgan fingerprint density at radius 1 is 1.71 bits per heavy atom. The Kier molecular flexibility index (Phi) is 3.15. The molecule has 78 valence electrons. The minimum atomic E-state index is 0.0539. The minimum absolute atomic E-state index is 0.0539. The SMILES string of the molecule is CC(N)c1nc(C2CCCOC2)cs1. The van der Waals surface area contributed by atoms with Crippen molar-refractivity contribution in [1.82, 2.24) is 4.98 Å². The minimum Gasteiger partial charge on any atom is -0.381 e. The van der Waals surface area contributed by atoms with E-state index in [1.54, 1.807) is 11.3 Å². The summed E-state index contributed by atoms with van der Waals surface area (Å²) in [6.07, 6.45) is 2.35. The van der Waals surface area contributed by atoms with Crippen molar-refractivity contribution in [3.63, 3.8) is 0 Å². The Morgan fingerprint density at radius 2 is 2.57 bits per heavy atom. The predicted octanol–water partition coefficient (Wildman–Crippen LogP) is 2.06. The molecular weight excluding hydrogens is 196 g/mol. The number of nitrogens with zero attached hydrogens (tertiary/aromatic N) is 1. The molecule has 0 aliphatic carbocycles. The molecule has 0 saturated carbocycles. The Bertz CT molecular complexity index is 292. The highest BCUT2D eigenvalue weighted by Gasteiger charge is 2.19. The Balaban J connectivity index is 2.07. The molecule has 14 heavy (non-hydrogen) atoms. The van der Waals surface area contributed by atoms with Gasteiger partial charge in [0.25, 0.3) is 0 Å². The van der Waals surface area contributed by atoms with Crippen molar-refractivity contribution in [1.29, 1.82) is 0 Å². The molecule has 3 nitrogen and oxygen atoms in total. The second-order valence-electron chi connectivity index (χ2n) is 3.81. The summed E-state index contributed by atoms with van der Waals surface area (Å²) < 4.78 is 5.44. The quantitative estimate of drug-likeness (QED) is 0.816. The van der Waals surface area contributed by atoms with Crippen LogP contribution in [0.5, 0.6) is 0 Å².